The van der Waals surface area contributed by atoms with Gasteiger partial charge in [0.15, 0.2) is 5.84 Å². The molecule has 1 fully saturated rings. The summed E-state index contributed by atoms with van der Waals surface area (Å²) in [6.07, 6.45) is 1.09. The van der Waals surface area contributed by atoms with Crippen molar-refractivity contribution in [2.75, 3.05) is 31.7 Å². The van der Waals surface area contributed by atoms with Gasteiger partial charge < -0.3 is 20.6 Å². The number of anilines is 1. The fraction of sp³-hybridized carbons (Fsp3) is 0.571. The summed E-state index contributed by atoms with van der Waals surface area (Å²) in [6.45, 7) is 6.46. The minimum atomic E-state index is 0.111. The van der Waals surface area contributed by atoms with Crippen LogP contribution in [-0.4, -0.2) is 42.8 Å². The highest BCUT2D eigenvalue weighted by Crippen LogP contribution is 2.29. The number of hydrogen-bond donors (Lipinski definition) is 2. The Kier molecular flexibility index (Phi) is 4.44. The van der Waals surface area contributed by atoms with Crippen molar-refractivity contribution in [1.82, 2.24) is 4.98 Å². The second kappa shape index (κ2) is 6.09. The zero-order chi connectivity index (χ0) is 14.7. The molecule has 110 valence electrons. The Bertz CT molecular complexity index is 516. The molecule has 0 radical (unpaired) electrons. The molecule has 2 rings (SSSR count). The number of hydrogen-bond acceptors (Lipinski definition) is 5. The normalized spacial score (nSPS) is 19.6. The quantitative estimate of drug-likeness (QED) is 0.375. The lowest BCUT2D eigenvalue weighted by molar-refractivity contribution is 0.161. The molecule has 3 N–H and O–H groups in total. The average Bonchev–Trinajstić information content (AvgIpc) is 2.86. The summed E-state index contributed by atoms with van der Waals surface area (Å²) in [6, 6.07) is 2.00. The summed E-state index contributed by atoms with van der Waals surface area (Å²) in [5.41, 5.74) is 9.24. The van der Waals surface area contributed by atoms with E-state index < -0.39 is 0 Å². The maximum Gasteiger partial charge on any atom is 0.174 e. The van der Waals surface area contributed by atoms with Gasteiger partial charge in [-0.15, -0.1) is 0 Å². The third-order valence-corrected chi connectivity index (χ3v) is 3.70. The van der Waals surface area contributed by atoms with Crippen molar-refractivity contribution in [2.45, 2.75) is 20.3 Å². The molecular weight excluding hydrogens is 256 g/mol. The first-order valence-corrected chi connectivity index (χ1v) is 6.76. The molecule has 1 aromatic heterocycles. The molecule has 0 saturated carbocycles. The summed E-state index contributed by atoms with van der Waals surface area (Å²) >= 11 is 0. The molecule has 6 nitrogen and oxygen atoms in total. The van der Waals surface area contributed by atoms with E-state index in [1.54, 1.807) is 7.11 Å². The van der Waals surface area contributed by atoms with E-state index in [0.29, 0.717) is 5.92 Å². The molecule has 20 heavy (non-hydrogen) atoms. The predicted octanol–water partition coefficient (Wildman–Crippen LogP) is 1.27. The van der Waals surface area contributed by atoms with E-state index >= 15 is 0 Å². The van der Waals surface area contributed by atoms with Crippen molar-refractivity contribution < 1.29 is 9.94 Å². The number of oxime groups is 1. The smallest absolute Gasteiger partial charge is 0.174 e. The first-order valence-electron chi connectivity index (χ1n) is 6.76. The molecule has 1 aromatic rings. The fourth-order valence-corrected chi connectivity index (χ4v) is 2.85. The number of nitrogens with zero attached hydrogens (tertiary/aromatic N) is 3. The zero-order valence-electron chi connectivity index (χ0n) is 12.3. The first-order chi connectivity index (χ1) is 9.56. The summed E-state index contributed by atoms with van der Waals surface area (Å²) in [7, 11) is 1.73. The third kappa shape index (κ3) is 2.85. The van der Waals surface area contributed by atoms with E-state index in [0.717, 1.165) is 48.8 Å². The van der Waals surface area contributed by atoms with Gasteiger partial charge in [0.25, 0.3) is 0 Å². The molecule has 0 bridgehead atoms. The summed E-state index contributed by atoms with van der Waals surface area (Å²) in [5.74, 6) is 0.633. The van der Waals surface area contributed by atoms with Crippen molar-refractivity contribution in [3.8, 4) is 0 Å². The molecule has 0 aliphatic carbocycles. The van der Waals surface area contributed by atoms with Crippen LogP contribution in [0.4, 0.5) is 5.69 Å². The molecule has 1 atom stereocenters. The Morgan fingerprint density at radius 3 is 3.00 bits per heavy atom. The molecule has 1 saturated heterocycles. The van der Waals surface area contributed by atoms with E-state index in [2.05, 4.69) is 15.0 Å². The van der Waals surface area contributed by atoms with Crippen LogP contribution in [0.25, 0.3) is 0 Å². The highest BCUT2D eigenvalue weighted by atomic mass is 16.5. The minimum absolute atomic E-state index is 0.111. The molecular formula is C14H22N4O2. The molecule has 0 amide bonds. The molecule has 0 aromatic carbocycles. The number of aromatic nitrogens is 1. The number of rotatable bonds is 4. The van der Waals surface area contributed by atoms with Crippen LogP contribution in [-0.2, 0) is 4.74 Å². The van der Waals surface area contributed by atoms with E-state index in [-0.39, 0.29) is 5.84 Å². The predicted molar refractivity (Wildman–Crippen MR) is 78.4 cm³/mol. The first kappa shape index (κ1) is 14.6. The lowest BCUT2D eigenvalue weighted by Gasteiger charge is -2.23. The lowest BCUT2D eigenvalue weighted by Crippen LogP contribution is -2.26. The topological polar surface area (TPSA) is 84.0 Å². The van der Waals surface area contributed by atoms with Gasteiger partial charge in [0, 0.05) is 31.8 Å². The monoisotopic (exact) mass is 278 g/mol. The largest absolute Gasteiger partial charge is 0.409 e. The highest BCUT2D eigenvalue weighted by molar-refractivity contribution is 6.03. The maximum absolute atomic E-state index is 8.98. The van der Waals surface area contributed by atoms with Crippen molar-refractivity contribution in [3.05, 3.63) is 23.0 Å². The third-order valence-electron chi connectivity index (χ3n) is 3.70. The molecule has 6 heteroatoms. The van der Waals surface area contributed by atoms with Gasteiger partial charge in [-0.3, -0.25) is 4.98 Å². The van der Waals surface area contributed by atoms with Gasteiger partial charge in [0.05, 0.1) is 23.6 Å². The SMILES string of the molecule is COCC1CCN(c2cc(C)nc(C)c2/C(N)=N/O)C1. The van der Waals surface area contributed by atoms with Crippen LogP contribution in [0, 0.1) is 19.8 Å². The molecule has 1 aliphatic heterocycles. The maximum atomic E-state index is 8.98. The van der Waals surface area contributed by atoms with Gasteiger partial charge in [0.1, 0.15) is 0 Å². The minimum Gasteiger partial charge on any atom is -0.409 e. The van der Waals surface area contributed by atoms with Crippen molar-refractivity contribution >= 4 is 11.5 Å². The zero-order valence-corrected chi connectivity index (χ0v) is 12.3. The van der Waals surface area contributed by atoms with Crippen LogP contribution in [0.1, 0.15) is 23.4 Å². The van der Waals surface area contributed by atoms with Gasteiger partial charge in [-0.05, 0) is 26.3 Å². The van der Waals surface area contributed by atoms with Crippen LogP contribution in [0.15, 0.2) is 11.2 Å². The van der Waals surface area contributed by atoms with Gasteiger partial charge in [-0.25, -0.2) is 0 Å². The molecule has 1 unspecified atom stereocenters. The van der Waals surface area contributed by atoms with E-state index in [9.17, 15) is 0 Å². The Balaban J connectivity index is 2.36. The van der Waals surface area contributed by atoms with E-state index in [4.69, 9.17) is 15.7 Å². The summed E-state index contributed by atoms with van der Waals surface area (Å²) in [4.78, 5) is 6.67. The molecule has 0 spiro atoms. The number of nitrogens with two attached hydrogens (primary N) is 1. The standard InChI is InChI=1S/C14H22N4O2/c1-9-6-12(13(10(2)16-9)14(15)17-19)18-5-4-11(7-18)8-20-3/h6,11,19H,4-5,7-8H2,1-3H3,(H2,15,17). The second-order valence-electron chi connectivity index (χ2n) is 5.28. The van der Waals surface area contributed by atoms with Crippen molar-refractivity contribution in [2.24, 2.45) is 16.8 Å². The van der Waals surface area contributed by atoms with E-state index in [1.165, 1.54) is 0 Å². The Morgan fingerprint density at radius 1 is 1.60 bits per heavy atom. The van der Waals surface area contributed by atoms with Gasteiger partial charge in [-0.2, -0.15) is 0 Å². The van der Waals surface area contributed by atoms with Crippen molar-refractivity contribution in [3.63, 3.8) is 0 Å². The van der Waals surface area contributed by atoms with Crippen LogP contribution < -0.4 is 10.6 Å². The lowest BCUT2D eigenvalue weighted by atomic mass is 10.1. The van der Waals surface area contributed by atoms with Crippen molar-refractivity contribution in [1.29, 1.82) is 0 Å². The number of amidine groups is 1. The summed E-state index contributed by atoms with van der Waals surface area (Å²) < 4.78 is 5.23. The van der Waals surface area contributed by atoms with Crippen LogP contribution in [0.5, 0.6) is 0 Å². The second-order valence-corrected chi connectivity index (χ2v) is 5.28. The summed E-state index contributed by atoms with van der Waals surface area (Å²) in [5, 5.41) is 12.1. The Labute approximate surface area is 119 Å². The number of ether oxygens (including phenoxy) is 1. The van der Waals surface area contributed by atoms with E-state index in [1.807, 2.05) is 19.9 Å². The average molecular weight is 278 g/mol. The van der Waals surface area contributed by atoms with Crippen LogP contribution in [0.3, 0.4) is 0 Å². The van der Waals surface area contributed by atoms with Gasteiger partial charge in [-0.1, -0.05) is 5.16 Å². The highest BCUT2D eigenvalue weighted by Gasteiger charge is 2.26. The van der Waals surface area contributed by atoms with Crippen LogP contribution >= 0.6 is 0 Å². The number of methoxy groups -OCH3 is 1. The van der Waals surface area contributed by atoms with Gasteiger partial charge in [0.2, 0.25) is 0 Å². The number of aryl methyl sites for hydroxylation is 2. The van der Waals surface area contributed by atoms with Gasteiger partial charge >= 0.3 is 0 Å². The number of pyridine rings is 1. The molecule has 1 aliphatic rings. The Hall–Kier alpha value is -1.82. The Morgan fingerprint density at radius 2 is 2.35 bits per heavy atom. The fourth-order valence-electron chi connectivity index (χ4n) is 2.85. The van der Waals surface area contributed by atoms with Crippen LogP contribution in [0.2, 0.25) is 0 Å². The molecule has 2 heterocycles.